The van der Waals surface area contributed by atoms with Crippen LogP contribution in [0.2, 0.25) is 0 Å². The van der Waals surface area contributed by atoms with Crippen LogP contribution in [0.1, 0.15) is 116 Å². The number of allylic oxidation sites excluding steroid dienone is 2. The Balaban J connectivity index is 3.35. The summed E-state index contributed by atoms with van der Waals surface area (Å²) < 4.78 is 4.90. The number of unbranched alkanes of at least 4 members (excludes halogenated alkanes) is 14. The van der Waals surface area contributed by atoms with E-state index in [2.05, 4.69) is 13.2 Å². The Hall–Kier alpha value is -1.38. The fraction of sp³-hybridized carbons (Fsp3) is 0.750. The first-order chi connectivity index (χ1) is 13.2. The highest BCUT2D eigenvalue weighted by Crippen LogP contribution is 2.12. The largest absolute Gasteiger partial charge is 0.393 e. The van der Waals surface area contributed by atoms with Crippen LogP contribution in [0.25, 0.3) is 0 Å². The van der Waals surface area contributed by atoms with Crippen LogP contribution in [0.4, 0.5) is 0 Å². The molecule has 0 amide bonds. The first-order valence-electron chi connectivity index (χ1n) is 11.2. The van der Waals surface area contributed by atoms with Crippen molar-refractivity contribution in [2.75, 3.05) is 0 Å². The van der Waals surface area contributed by atoms with E-state index in [4.69, 9.17) is 4.74 Å². The molecule has 0 spiro atoms. The van der Waals surface area contributed by atoms with Crippen LogP contribution in [0.3, 0.4) is 0 Å². The van der Waals surface area contributed by atoms with E-state index in [9.17, 15) is 9.59 Å². The SMILES string of the molecule is C=CCCCCCCCCCC(=O)OC(=O)CCCCCCCCCC=C. The van der Waals surface area contributed by atoms with Crippen LogP contribution in [0, 0.1) is 0 Å². The molecule has 0 rings (SSSR count). The summed E-state index contributed by atoms with van der Waals surface area (Å²) >= 11 is 0. The standard InChI is InChI=1S/C24H42O3/c1-3-5-7-9-11-13-15-17-19-21-23(25)27-24(26)22-20-18-16-14-12-10-8-6-4-2/h3-4H,1-2,5-22H2. The van der Waals surface area contributed by atoms with E-state index in [1.54, 1.807) is 0 Å². The number of esters is 2. The fourth-order valence-corrected chi connectivity index (χ4v) is 3.11. The number of hydrogen-bond acceptors (Lipinski definition) is 3. The molecule has 27 heavy (non-hydrogen) atoms. The number of hydrogen-bond donors (Lipinski definition) is 0. The predicted octanol–water partition coefficient (Wildman–Crippen LogP) is 7.45. The molecule has 0 aliphatic carbocycles. The lowest BCUT2D eigenvalue weighted by Crippen LogP contribution is -2.11. The second-order valence-electron chi connectivity index (χ2n) is 7.45. The Morgan fingerprint density at radius 1 is 0.519 bits per heavy atom. The first kappa shape index (κ1) is 25.6. The van der Waals surface area contributed by atoms with Gasteiger partial charge in [-0.25, -0.2) is 0 Å². The molecule has 0 saturated heterocycles. The minimum atomic E-state index is -0.354. The van der Waals surface area contributed by atoms with Gasteiger partial charge in [-0.2, -0.15) is 0 Å². The van der Waals surface area contributed by atoms with Gasteiger partial charge in [-0.3, -0.25) is 9.59 Å². The van der Waals surface area contributed by atoms with E-state index >= 15 is 0 Å². The zero-order valence-electron chi connectivity index (χ0n) is 17.5. The highest BCUT2D eigenvalue weighted by Gasteiger charge is 2.09. The second-order valence-corrected chi connectivity index (χ2v) is 7.45. The molecule has 3 heteroatoms. The molecule has 0 bridgehead atoms. The van der Waals surface area contributed by atoms with E-state index in [0.29, 0.717) is 12.8 Å². The van der Waals surface area contributed by atoms with Gasteiger partial charge in [0.1, 0.15) is 0 Å². The Morgan fingerprint density at radius 2 is 0.815 bits per heavy atom. The van der Waals surface area contributed by atoms with Crippen molar-refractivity contribution < 1.29 is 14.3 Å². The normalized spacial score (nSPS) is 10.5. The zero-order valence-corrected chi connectivity index (χ0v) is 17.5. The van der Waals surface area contributed by atoms with Gasteiger partial charge in [0.15, 0.2) is 0 Å². The molecule has 0 unspecified atom stereocenters. The minimum Gasteiger partial charge on any atom is -0.393 e. The Morgan fingerprint density at radius 3 is 1.15 bits per heavy atom. The lowest BCUT2D eigenvalue weighted by atomic mass is 10.1. The summed E-state index contributed by atoms with van der Waals surface area (Å²) in [6.07, 6.45) is 22.9. The lowest BCUT2D eigenvalue weighted by molar-refractivity contribution is -0.159. The molecule has 0 radical (unpaired) electrons. The summed E-state index contributed by atoms with van der Waals surface area (Å²) in [6, 6.07) is 0. The van der Waals surface area contributed by atoms with Gasteiger partial charge in [-0.1, -0.05) is 76.4 Å². The zero-order chi connectivity index (χ0) is 20.0. The molecule has 0 aromatic heterocycles. The first-order valence-corrected chi connectivity index (χ1v) is 11.2. The van der Waals surface area contributed by atoms with Crippen LogP contribution in [-0.2, 0) is 14.3 Å². The Kier molecular flexibility index (Phi) is 19.9. The molecule has 0 fully saturated rings. The van der Waals surface area contributed by atoms with Gasteiger partial charge in [-0.05, 0) is 38.5 Å². The van der Waals surface area contributed by atoms with Crippen molar-refractivity contribution in [3.63, 3.8) is 0 Å². The highest BCUT2D eigenvalue weighted by atomic mass is 16.6. The van der Waals surface area contributed by atoms with Gasteiger partial charge in [0.05, 0.1) is 0 Å². The molecular formula is C24H42O3. The number of carbonyl (C=O) groups excluding carboxylic acids is 2. The quantitative estimate of drug-likeness (QED) is 0.0956. The molecule has 156 valence electrons. The summed E-state index contributed by atoms with van der Waals surface area (Å²) in [4.78, 5) is 23.3. The highest BCUT2D eigenvalue weighted by molar-refractivity contribution is 5.85. The van der Waals surface area contributed by atoms with Crippen molar-refractivity contribution in [3.8, 4) is 0 Å². The van der Waals surface area contributed by atoms with Crippen LogP contribution < -0.4 is 0 Å². The van der Waals surface area contributed by atoms with E-state index in [1.807, 2.05) is 12.2 Å². The van der Waals surface area contributed by atoms with Gasteiger partial charge in [0.25, 0.3) is 0 Å². The van der Waals surface area contributed by atoms with Crippen LogP contribution in [0.15, 0.2) is 25.3 Å². The predicted molar refractivity (Wildman–Crippen MR) is 115 cm³/mol. The number of carbonyl (C=O) groups is 2. The van der Waals surface area contributed by atoms with Gasteiger partial charge in [0, 0.05) is 12.8 Å². The van der Waals surface area contributed by atoms with Crippen molar-refractivity contribution >= 4 is 11.9 Å². The van der Waals surface area contributed by atoms with Crippen LogP contribution >= 0.6 is 0 Å². The maximum atomic E-state index is 11.7. The number of ether oxygens (including phenoxy) is 1. The Labute approximate surface area is 167 Å². The van der Waals surface area contributed by atoms with E-state index < -0.39 is 0 Å². The minimum absolute atomic E-state index is 0.354. The molecule has 0 aliphatic heterocycles. The van der Waals surface area contributed by atoms with Gasteiger partial charge in [0.2, 0.25) is 0 Å². The van der Waals surface area contributed by atoms with Crippen molar-refractivity contribution in [1.29, 1.82) is 0 Å². The van der Waals surface area contributed by atoms with Crippen molar-refractivity contribution in [3.05, 3.63) is 25.3 Å². The summed E-state index contributed by atoms with van der Waals surface area (Å²) in [6.45, 7) is 7.45. The summed E-state index contributed by atoms with van der Waals surface area (Å²) in [5.41, 5.74) is 0. The average molecular weight is 379 g/mol. The molecule has 0 aromatic rings. The van der Waals surface area contributed by atoms with Gasteiger partial charge >= 0.3 is 11.9 Å². The van der Waals surface area contributed by atoms with E-state index in [1.165, 1.54) is 51.4 Å². The maximum absolute atomic E-state index is 11.7. The monoisotopic (exact) mass is 378 g/mol. The van der Waals surface area contributed by atoms with E-state index in [0.717, 1.165) is 51.4 Å². The smallest absolute Gasteiger partial charge is 0.313 e. The maximum Gasteiger partial charge on any atom is 0.313 e. The lowest BCUT2D eigenvalue weighted by Gasteiger charge is -2.04. The molecule has 0 saturated carbocycles. The third kappa shape index (κ3) is 20.8. The molecular weight excluding hydrogens is 336 g/mol. The Bertz CT molecular complexity index is 351. The second kappa shape index (κ2) is 20.9. The number of rotatable bonds is 20. The molecule has 0 aromatic carbocycles. The third-order valence-corrected chi connectivity index (χ3v) is 4.81. The molecule has 3 nitrogen and oxygen atoms in total. The van der Waals surface area contributed by atoms with E-state index in [-0.39, 0.29) is 11.9 Å². The summed E-state index contributed by atoms with van der Waals surface area (Å²) in [7, 11) is 0. The molecule has 0 aliphatic rings. The molecule has 0 atom stereocenters. The van der Waals surface area contributed by atoms with Crippen LogP contribution in [0.5, 0.6) is 0 Å². The van der Waals surface area contributed by atoms with Crippen molar-refractivity contribution in [2.24, 2.45) is 0 Å². The van der Waals surface area contributed by atoms with Crippen molar-refractivity contribution in [2.45, 2.75) is 116 Å². The summed E-state index contributed by atoms with van der Waals surface area (Å²) in [5.74, 6) is -0.707. The summed E-state index contributed by atoms with van der Waals surface area (Å²) in [5, 5.41) is 0. The third-order valence-electron chi connectivity index (χ3n) is 4.81. The topological polar surface area (TPSA) is 43.4 Å². The average Bonchev–Trinajstić information content (AvgIpc) is 2.65. The van der Waals surface area contributed by atoms with Gasteiger partial charge < -0.3 is 4.74 Å². The van der Waals surface area contributed by atoms with Gasteiger partial charge in [-0.15, -0.1) is 13.2 Å². The molecule has 0 heterocycles. The fourth-order valence-electron chi connectivity index (χ4n) is 3.11. The van der Waals surface area contributed by atoms with Crippen molar-refractivity contribution in [1.82, 2.24) is 0 Å². The van der Waals surface area contributed by atoms with Crippen LogP contribution in [-0.4, -0.2) is 11.9 Å². The molecule has 0 N–H and O–H groups in total.